The van der Waals surface area contributed by atoms with Crippen LogP contribution in [0.15, 0.2) is 4.99 Å². The number of Topliss-reactive ketones (excluding diaryl/α,β-unsaturated/α-hetero) is 1. The number of unbranched alkanes of at least 4 members (excludes halogenated alkanes) is 1. The standard InChI is InChI=1S/C43H71N3O8/c1-17-19-20-21-23-51-42(13)25-26(3)32-28(5)33-43(14,54-38(49)46(33)41(11,12)40(9,10)44-32)31(18-2)52-37(48)39(7,8)34(47)29(6)35(42)53-36-27(4)30(45(15)16)22-24-50-36/h26-31,33,35-36H,17-19,22-25H2,1-16H3/t26-,27-,28+,29+,30+,31-,33-,35-,36+,42+,43-/m1/s1. The minimum Gasteiger partial charge on any atom is -0.457 e. The molecule has 4 aliphatic rings. The normalized spacial score (nSPS) is 39.4. The first-order valence-electron chi connectivity index (χ1n) is 20.3. The fourth-order valence-electron chi connectivity index (χ4n) is 9.65. The van der Waals surface area contributed by atoms with Crippen molar-refractivity contribution in [3.63, 3.8) is 0 Å². The van der Waals surface area contributed by atoms with Crippen LogP contribution in [0.1, 0.15) is 129 Å². The first-order valence-corrected chi connectivity index (χ1v) is 20.3. The number of nitrogens with zero attached hydrogens (tertiary/aromatic N) is 3. The molecule has 2 bridgehead atoms. The van der Waals surface area contributed by atoms with Crippen LogP contribution in [0.2, 0.25) is 0 Å². The largest absolute Gasteiger partial charge is 0.457 e. The van der Waals surface area contributed by atoms with Crippen molar-refractivity contribution in [2.75, 3.05) is 27.3 Å². The number of fused-ring (bicyclic) bond motifs is 1. The summed E-state index contributed by atoms with van der Waals surface area (Å²) in [7, 11) is 4.12. The molecule has 0 spiro atoms. The van der Waals surface area contributed by atoms with Gasteiger partial charge < -0.3 is 28.6 Å². The zero-order chi connectivity index (χ0) is 40.8. The maximum Gasteiger partial charge on any atom is 0.411 e. The first kappa shape index (κ1) is 44.2. The van der Waals surface area contributed by atoms with Crippen molar-refractivity contribution in [1.29, 1.82) is 0 Å². The van der Waals surface area contributed by atoms with E-state index in [1.807, 2.05) is 46.4 Å². The number of rotatable bonds is 7. The molecule has 54 heavy (non-hydrogen) atoms. The molecule has 306 valence electrons. The number of aliphatic imine (C=N–C) groups is 1. The third kappa shape index (κ3) is 7.88. The van der Waals surface area contributed by atoms with Crippen molar-refractivity contribution in [1.82, 2.24) is 9.80 Å². The summed E-state index contributed by atoms with van der Waals surface area (Å²) in [6, 6.07) is -0.322. The summed E-state index contributed by atoms with van der Waals surface area (Å²) in [5.74, 6) is 4.05. The van der Waals surface area contributed by atoms with Gasteiger partial charge in [0.1, 0.15) is 18.1 Å². The second-order valence-corrected chi connectivity index (χ2v) is 18.7. The molecule has 0 aromatic rings. The average Bonchev–Trinajstić information content (AvgIpc) is 3.34. The number of cyclic esters (lactones) is 1. The molecule has 0 aromatic heterocycles. The Morgan fingerprint density at radius 1 is 0.944 bits per heavy atom. The van der Waals surface area contributed by atoms with Gasteiger partial charge in [0.2, 0.25) is 0 Å². The Balaban J connectivity index is 1.98. The lowest BCUT2D eigenvalue weighted by atomic mass is 9.71. The Morgan fingerprint density at radius 3 is 2.19 bits per heavy atom. The minimum atomic E-state index is -1.57. The zero-order valence-electron chi connectivity index (χ0n) is 36.3. The molecule has 0 radical (unpaired) electrons. The van der Waals surface area contributed by atoms with Gasteiger partial charge in [-0.25, -0.2) is 4.79 Å². The average molecular weight is 758 g/mol. The molecule has 11 nitrogen and oxygen atoms in total. The maximum absolute atomic E-state index is 14.9. The molecule has 0 unspecified atom stereocenters. The molecule has 4 heterocycles. The predicted octanol–water partition coefficient (Wildman–Crippen LogP) is 7.08. The summed E-state index contributed by atoms with van der Waals surface area (Å²) in [5, 5.41) is 0. The molecule has 3 fully saturated rings. The Morgan fingerprint density at radius 2 is 1.59 bits per heavy atom. The molecule has 1 amide bonds. The number of ketones is 1. The number of hydrogen-bond acceptors (Lipinski definition) is 10. The van der Waals surface area contributed by atoms with Gasteiger partial charge in [-0.3, -0.25) is 19.5 Å². The van der Waals surface area contributed by atoms with Crippen molar-refractivity contribution < 1.29 is 38.1 Å². The second-order valence-electron chi connectivity index (χ2n) is 18.7. The molecule has 4 aliphatic heterocycles. The lowest BCUT2D eigenvalue weighted by Gasteiger charge is -2.48. The van der Waals surface area contributed by atoms with Gasteiger partial charge in [-0.2, -0.15) is 0 Å². The summed E-state index contributed by atoms with van der Waals surface area (Å²) in [4.78, 5) is 52.9. The van der Waals surface area contributed by atoms with E-state index >= 15 is 0 Å². The topological polar surface area (TPSA) is 116 Å². The van der Waals surface area contributed by atoms with Crippen molar-refractivity contribution in [3.05, 3.63) is 0 Å². The third-order valence-corrected chi connectivity index (χ3v) is 13.5. The van der Waals surface area contributed by atoms with Crippen LogP contribution in [0.3, 0.4) is 0 Å². The molecule has 11 heteroatoms. The highest BCUT2D eigenvalue weighted by Gasteiger charge is 2.66. The van der Waals surface area contributed by atoms with Gasteiger partial charge in [-0.15, -0.1) is 5.92 Å². The van der Waals surface area contributed by atoms with Crippen LogP contribution >= 0.6 is 0 Å². The van der Waals surface area contributed by atoms with Gasteiger partial charge >= 0.3 is 12.1 Å². The minimum absolute atomic E-state index is 0.0173. The van der Waals surface area contributed by atoms with E-state index in [1.54, 1.807) is 13.8 Å². The highest BCUT2D eigenvalue weighted by molar-refractivity contribution is 6.04. The summed E-state index contributed by atoms with van der Waals surface area (Å²) in [6.07, 6.45) is 0.568. The Kier molecular flexibility index (Phi) is 13.2. The second kappa shape index (κ2) is 16.1. The van der Waals surface area contributed by atoms with Crippen LogP contribution in [-0.4, -0.2) is 114 Å². The fourth-order valence-corrected chi connectivity index (χ4v) is 9.65. The smallest absolute Gasteiger partial charge is 0.411 e. The van der Waals surface area contributed by atoms with Gasteiger partial charge in [0.05, 0.1) is 35.4 Å². The molecule has 0 aliphatic carbocycles. The lowest BCUT2D eigenvalue weighted by Crippen LogP contribution is -2.64. The molecule has 3 saturated heterocycles. The van der Waals surface area contributed by atoms with Crippen LogP contribution in [0.25, 0.3) is 0 Å². The van der Waals surface area contributed by atoms with E-state index in [1.165, 1.54) is 0 Å². The van der Waals surface area contributed by atoms with Crippen molar-refractivity contribution >= 4 is 23.6 Å². The zero-order valence-corrected chi connectivity index (χ0v) is 36.3. The van der Waals surface area contributed by atoms with E-state index in [4.69, 9.17) is 28.7 Å². The van der Waals surface area contributed by atoms with E-state index in [9.17, 15) is 14.4 Å². The summed E-state index contributed by atoms with van der Waals surface area (Å²) >= 11 is 0. The summed E-state index contributed by atoms with van der Waals surface area (Å²) in [6.45, 7) is 28.1. The van der Waals surface area contributed by atoms with Gasteiger partial charge in [-0.1, -0.05) is 47.5 Å². The molecule has 11 atom stereocenters. The van der Waals surface area contributed by atoms with Gasteiger partial charge in [0.25, 0.3) is 0 Å². The summed E-state index contributed by atoms with van der Waals surface area (Å²) in [5.41, 5.74) is -4.50. The van der Waals surface area contributed by atoms with Crippen LogP contribution in [0, 0.1) is 40.9 Å². The predicted molar refractivity (Wildman–Crippen MR) is 210 cm³/mol. The van der Waals surface area contributed by atoms with Crippen LogP contribution in [0.5, 0.6) is 0 Å². The number of carbonyl (C=O) groups excluding carboxylic acids is 3. The van der Waals surface area contributed by atoms with E-state index < -0.39 is 70.2 Å². The van der Waals surface area contributed by atoms with Gasteiger partial charge in [-0.05, 0) is 101 Å². The van der Waals surface area contributed by atoms with Crippen LogP contribution < -0.4 is 0 Å². The highest BCUT2D eigenvalue weighted by Crippen LogP contribution is 2.50. The number of carbonyl (C=O) groups is 3. The van der Waals surface area contributed by atoms with E-state index in [-0.39, 0.29) is 36.2 Å². The van der Waals surface area contributed by atoms with Crippen molar-refractivity contribution in [3.8, 4) is 11.8 Å². The Hall–Kier alpha value is -2.52. The van der Waals surface area contributed by atoms with Gasteiger partial charge in [0.15, 0.2) is 17.7 Å². The number of hydrogen-bond donors (Lipinski definition) is 0. The van der Waals surface area contributed by atoms with E-state index in [0.717, 1.165) is 25.0 Å². The number of amides is 1. The fraction of sp³-hybridized carbons (Fsp3) is 0.860. The van der Waals surface area contributed by atoms with Crippen molar-refractivity contribution in [2.24, 2.45) is 34.1 Å². The lowest BCUT2D eigenvalue weighted by molar-refractivity contribution is -0.268. The SMILES string of the molecule is CCCC#CCO[C@@]1(C)C[C@@H](C)C2=NC(C)(C)C(C)(C)N3C(=O)O[C@](C)([C@@H](CC)OC(=O)C(C)(C)C(=O)[C@H](C)[C@H]1O[C@@H]1OCC[C@H](N(C)C)[C@H]1C)[C@H]3[C@H]2C. The highest BCUT2D eigenvalue weighted by atomic mass is 16.7. The molecule has 0 aromatic carbocycles. The van der Waals surface area contributed by atoms with Crippen LogP contribution in [-0.2, 0) is 33.3 Å². The maximum atomic E-state index is 14.9. The monoisotopic (exact) mass is 758 g/mol. The van der Waals surface area contributed by atoms with Crippen LogP contribution in [0.4, 0.5) is 4.79 Å². The third-order valence-electron chi connectivity index (χ3n) is 13.5. The van der Waals surface area contributed by atoms with E-state index in [0.29, 0.717) is 19.4 Å². The Labute approximate surface area is 326 Å². The Bertz CT molecular complexity index is 1490. The molecule has 4 rings (SSSR count). The van der Waals surface area contributed by atoms with Crippen molar-refractivity contribution in [2.45, 2.75) is 182 Å². The summed E-state index contributed by atoms with van der Waals surface area (Å²) < 4.78 is 33.0. The molecule has 0 N–H and O–H groups in total. The number of ether oxygens (including phenoxy) is 5. The van der Waals surface area contributed by atoms with Gasteiger partial charge in [0, 0.05) is 35.9 Å². The van der Waals surface area contributed by atoms with E-state index in [2.05, 4.69) is 72.4 Å². The molecule has 0 saturated carbocycles. The quantitative estimate of drug-likeness (QED) is 0.153. The first-order chi connectivity index (χ1) is 24.9. The number of esters is 1. The molecular weight excluding hydrogens is 686 g/mol. The molecular formula is C43H71N3O8.